The Balaban J connectivity index is 1.30. The molecular weight excluding hydrogens is 496 g/mol. The lowest BCUT2D eigenvalue weighted by molar-refractivity contribution is 0.0734. The summed E-state index contributed by atoms with van der Waals surface area (Å²) in [5.74, 6) is 4.16. The number of hydrogen-bond acceptors (Lipinski definition) is 4. The summed E-state index contributed by atoms with van der Waals surface area (Å²) in [6, 6.07) is 14.6. The molecule has 0 N–H and O–H groups in total. The highest BCUT2D eigenvalue weighted by molar-refractivity contribution is 5.91. The van der Waals surface area contributed by atoms with Crippen LogP contribution in [0.5, 0.6) is 17.2 Å². The van der Waals surface area contributed by atoms with Crippen molar-refractivity contribution in [3.8, 4) is 17.2 Å². The molecule has 0 unspecified atom stereocenters. The number of rotatable bonds is 19. The van der Waals surface area contributed by atoms with Crippen LogP contribution in [0, 0.1) is 17.8 Å². The summed E-state index contributed by atoms with van der Waals surface area (Å²) in [4.78, 5) is 12.6. The largest absolute Gasteiger partial charge is 0.494 e. The summed E-state index contributed by atoms with van der Waals surface area (Å²) in [6.07, 6.45) is 19.6. The van der Waals surface area contributed by atoms with E-state index in [2.05, 4.69) is 20.8 Å². The Hall–Kier alpha value is -2.49. The van der Waals surface area contributed by atoms with Gasteiger partial charge in [0.1, 0.15) is 17.2 Å². The van der Waals surface area contributed by atoms with Crippen molar-refractivity contribution in [2.45, 2.75) is 117 Å². The van der Waals surface area contributed by atoms with Crippen LogP contribution < -0.4 is 14.2 Å². The maximum absolute atomic E-state index is 12.6. The Morgan fingerprint density at radius 1 is 0.725 bits per heavy atom. The van der Waals surface area contributed by atoms with E-state index in [4.69, 9.17) is 14.2 Å². The van der Waals surface area contributed by atoms with Gasteiger partial charge < -0.3 is 14.2 Å². The molecule has 0 aromatic heterocycles. The highest BCUT2D eigenvalue weighted by atomic mass is 16.5. The molecule has 0 amide bonds. The number of esters is 1. The maximum atomic E-state index is 12.6. The SMILES string of the molecule is CCCCCCC[C@H]1CC[C@H](COc2ccc(OC(=O)c3ccc(OCCCCC[C@@H](C)CC)cc3)cc2)CC1. The van der Waals surface area contributed by atoms with Crippen molar-refractivity contribution >= 4 is 5.97 Å². The van der Waals surface area contributed by atoms with E-state index in [1.54, 1.807) is 24.3 Å². The van der Waals surface area contributed by atoms with E-state index >= 15 is 0 Å². The average Bonchev–Trinajstić information content (AvgIpc) is 2.99. The van der Waals surface area contributed by atoms with Gasteiger partial charge in [0.15, 0.2) is 0 Å². The van der Waals surface area contributed by atoms with Gasteiger partial charge in [-0.2, -0.15) is 0 Å². The zero-order valence-electron chi connectivity index (χ0n) is 25.5. The van der Waals surface area contributed by atoms with E-state index in [1.165, 1.54) is 89.9 Å². The Labute approximate surface area is 244 Å². The molecule has 0 aliphatic heterocycles. The highest BCUT2D eigenvalue weighted by Crippen LogP contribution is 2.32. The van der Waals surface area contributed by atoms with Gasteiger partial charge in [0.2, 0.25) is 0 Å². The number of carbonyl (C=O) groups excluding carboxylic acids is 1. The van der Waals surface area contributed by atoms with Gasteiger partial charge in [-0.15, -0.1) is 0 Å². The molecule has 0 radical (unpaired) electrons. The lowest BCUT2D eigenvalue weighted by Crippen LogP contribution is -2.20. The smallest absolute Gasteiger partial charge is 0.343 e. The normalized spacial score (nSPS) is 17.8. The van der Waals surface area contributed by atoms with Crippen molar-refractivity contribution in [2.75, 3.05) is 13.2 Å². The number of ether oxygens (including phenoxy) is 3. The van der Waals surface area contributed by atoms with Gasteiger partial charge >= 0.3 is 5.97 Å². The molecule has 2 aromatic carbocycles. The number of hydrogen-bond donors (Lipinski definition) is 0. The molecule has 1 aliphatic carbocycles. The zero-order valence-corrected chi connectivity index (χ0v) is 25.5. The fourth-order valence-electron chi connectivity index (χ4n) is 5.56. The van der Waals surface area contributed by atoms with E-state index < -0.39 is 0 Å². The minimum Gasteiger partial charge on any atom is -0.494 e. The van der Waals surface area contributed by atoms with Gasteiger partial charge in [-0.25, -0.2) is 4.79 Å². The van der Waals surface area contributed by atoms with Crippen molar-refractivity contribution in [1.82, 2.24) is 0 Å². The Bertz CT molecular complexity index is 928. The third-order valence-corrected chi connectivity index (χ3v) is 8.60. The molecule has 4 heteroatoms. The fraction of sp³-hybridized carbons (Fsp3) is 0.639. The van der Waals surface area contributed by atoms with Gasteiger partial charge in [0.25, 0.3) is 0 Å². The van der Waals surface area contributed by atoms with Crippen LogP contribution in [-0.2, 0) is 0 Å². The van der Waals surface area contributed by atoms with Crippen LogP contribution in [0.3, 0.4) is 0 Å². The average molecular weight is 551 g/mol. The topological polar surface area (TPSA) is 44.8 Å². The third kappa shape index (κ3) is 12.4. The lowest BCUT2D eigenvalue weighted by Gasteiger charge is -2.28. The summed E-state index contributed by atoms with van der Waals surface area (Å²) in [6.45, 7) is 8.33. The molecule has 40 heavy (non-hydrogen) atoms. The first-order valence-corrected chi connectivity index (χ1v) is 16.2. The van der Waals surface area contributed by atoms with Crippen LogP contribution in [0.4, 0.5) is 0 Å². The van der Waals surface area contributed by atoms with Crippen molar-refractivity contribution < 1.29 is 19.0 Å². The second-order valence-corrected chi connectivity index (χ2v) is 12.0. The number of carbonyl (C=O) groups is 1. The fourth-order valence-corrected chi connectivity index (χ4v) is 5.56. The van der Waals surface area contributed by atoms with Gasteiger partial charge in [-0.3, -0.25) is 0 Å². The molecule has 0 heterocycles. The number of benzene rings is 2. The van der Waals surface area contributed by atoms with E-state index in [-0.39, 0.29) is 5.97 Å². The molecule has 1 fully saturated rings. The first kappa shape index (κ1) is 32.0. The van der Waals surface area contributed by atoms with Crippen LogP contribution in [0.2, 0.25) is 0 Å². The monoisotopic (exact) mass is 550 g/mol. The Morgan fingerprint density at radius 2 is 1.32 bits per heavy atom. The van der Waals surface area contributed by atoms with Crippen LogP contribution >= 0.6 is 0 Å². The van der Waals surface area contributed by atoms with Crippen LogP contribution in [0.1, 0.15) is 127 Å². The van der Waals surface area contributed by atoms with Gasteiger partial charge in [0.05, 0.1) is 18.8 Å². The highest BCUT2D eigenvalue weighted by Gasteiger charge is 2.21. The van der Waals surface area contributed by atoms with Crippen LogP contribution in [-0.4, -0.2) is 19.2 Å². The van der Waals surface area contributed by atoms with Gasteiger partial charge in [-0.05, 0) is 85.5 Å². The van der Waals surface area contributed by atoms with Crippen LogP contribution in [0.15, 0.2) is 48.5 Å². The number of unbranched alkanes of at least 4 members (excludes halogenated alkanes) is 6. The maximum Gasteiger partial charge on any atom is 0.343 e. The van der Waals surface area contributed by atoms with Crippen molar-refractivity contribution in [1.29, 1.82) is 0 Å². The van der Waals surface area contributed by atoms with Crippen molar-refractivity contribution in [3.05, 3.63) is 54.1 Å². The van der Waals surface area contributed by atoms with Gasteiger partial charge in [0, 0.05) is 0 Å². The summed E-state index contributed by atoms with van der Waals surface area (Å²) in [5.41, 5.74) is 0.512. The molecular formula is C36H54O4. The molecule has 2 aromatic rings. The summed E-state index contributed by atoms with van der Waals surface area (Å²) in [5, 5.41) is 0. The lowest BCUT2D eigenvalue weighted by atomic mass is 9.80. The molecule has 0 spiro atoms. The first-order chi connectivity index (χ1) is 19.6. The van der Waals surface area contributed by atoms with E-state index in [1.807, 2.05) is 24.3 Å². The van der Waals surface area contributed by atoms with Crippen molar-refractivity contribution in [3.63, 3.8) is 0 Å². The Morgan fingerprint density at radius 3 is 2.02 bits per heavy atom. The molecule has 1 saturated carbocycles. The molecule has 1 atom stereocenters. The molecule has 222 valence electrons. The standard InChI is InChI=1S/C36H54O4/c1-4-6-7-8-11-14-30-15-17-31(18-16-30)28-39-34-23-25-35(26-24-34)40-36(37)32-19-21-33(22-20-32)38-27-12-9-10-13-29(3)5-2/h19-26,29-31H,4-18,27-28H2,1-3H3/t29-,30-,31-/m0/s1. The van der Waals surface area contributed by atoms with E-state index in [9.17, 15) is 4.79 Å². The molecule has 4 nitrogen and oxygen atoms in total. The molecule has 1 aliphatic rings. The summed E-state index contributed by atoms with van der Waals surface area (Å²) >= 11 is 0. The second kappa shape index (κ2) is 18.8. The first-order valence-electron chi connectivity index (χ1n) is 16.2. The molecule has 3 rings (SSSR count). The predicted molar refractivity (Wildman–Crippen MR) is 166 cm³/mol. The predicted octanol–water partition coefficient (Wildman–Crippen LogP) is 10.4. The van der Waals surface area contributed by atoms with Crippen molar-refractivity contribution in [2.24, 2.45) is 17.8 Å². The van der Waals surface area contributed by atoms with E-state index in [0.29, 0.717) is 23.8 Å². The van der Waals surface area contributed by atoms with Crippen LogP contribution in [0.25, 0.3) is 0 Å². The molecule has 0 bridgehead atoms. The van der Waals surface area contributed by atoms with Gasteiger partial charge in [-0.1, -0.05) is 97.8 Å². The minimum atomic E-state index is -0.368. The summed E-state index contributed by atoms with van der Waals surface area (Å²) < 4.78 is 17.5. The third-order valence-electron chi connectivity index (χ3n) is 8.60. The second-order valence-electron chi connectivity index (χ2n) is 12.0. The minimum absolute atomic E-state index is 0.368. The summed E-state index contributed by atoms with van der Waals surface area (Å²) in [7, 11) is 0. The zero-order chi connectivity index (χ0) is 28.4. The van der Waals surface area contributed by atoms with E-state index in [0.717, 1.165) is 36.4 Å². The molecule has 0 saturated heterocycles. The Kier molecular flexibility index (Phi) is 15.0. The quantitative estimate of drug-likeness (QED) is 0.0991.